The van der Waals surface area contributed by atoms with Gasteiger partial charge in [0.05, 0.1) is 17.4 Å². The Morgan fingerprint density at radius 3 is 2.18 bits per heavy atom. The molecule has 5 aromatic rings. The number of alkyl halides is 3. The first-order chi connectivity index (χ1) is 23.6. The largest absolute Gasteiger partial charge is 0.489 e. The van der Waals surface area contributed by atoms with E-state index < -0.39 is 52.6 Å². The van der Waals surface area contributed by atoms with E-state index >= 15 is 0 Å². The minimum absolute atomic E-state index is 0.00441. The third-order valence-corrected chi connectivity index (χ3v) is 9.66. The summed E-state index contributed by atoms with van der Waals surface area (Å²) in [6, 6.07) is 18.6. The Morgan fingerprint density at radius 1 is 0.980 bits per heavy atom. The second-order valence-electron chi connectivity index (χ2n) is 12.1. The van der Waals surface area contributed by atoms with Gasteiger partial charge in [-0.1, -0.05) is 12.1 Å². The molecule has 0 bridgehead atoms. The van der Waals surface area contributed by atoms with E-state index in [1.54, 1.807) is 30.3 Å². The molecule has 1 saturated carbocycles. The highest BCUT2D eigenvalue weighted by Gasteiger charge is 2.37. The predicted octanol–water partition coefficient (Wildman–Crippen LogP) is 5.93. The Hall–Kier alpha value is -4.70. The summed E-state index contributed by atoms with van der Waals surface area (Å²) in [4.78, 5) is 13.3. The van der Waals surface area contributed by atoms with Gasteiger partial charge in [-0.25, -0.2) is 12.8 Å². The molecule has 0 saturated heterocycles. The van der Waals surface area contributed by atoms with Crippen molar-refractivity contribution in [2.24, 2.45) is 0 Å². The molecule has 0 aliphatic heterocycles. The highest BCUT2D eigenvalue weighted by molar-refractivity contribution is 7.88. The lowest BCUT2D eigenvalue weighted by atomic mass is 9.76. The molecular weight excluding hydrogens is 679 g/mol. The van der Waals surface area contributed by atoms with Crippen molar-refractivity contribution in [3.63, 3.8) is 0 Å². The number of ether oxygens (including phenoxy) is 1. The van der Waals surface area contributed by atoms with E-state index in [0.29, 0.717) is 39.7 Å². The molecule has 4 aromatic carbocycles. The SMILES string of the molecule is CNC(=O)c1c(-c2ccc(Oc3ccc(F)cc3)cc2)oc2cc(CN(Cc3ccc(B(O)O)c(C(F)(F)F)c3)S(C)(=O)=O)c(C3CC3)cc12. The zero-order chi connectivity index (χ0) is 36.0. The molecule has 0 unspecified atom stereocenters. The topological polar surface area (TPSA) is 129 Å². The minimum Gasteiger partial charge on any atom is -0.457 e. The monoisotopic (exact) mass is 710 g/mol. The molecule has 1 aromatic heterocycles. The van der Waals surface area contributed by atoms with Gasteiger partial charge in [0.25, 0.3) is 5.91 Å². The fourth-order valence-corrected chi connectivity index (χ4v) is 6.59. The Kier molecular flexibility index (Phi) is 9.52. The lowest BCUT2D eigenvalue weighted by molar-refractivity contribution is -0.136. The van der Waals surface area contributed by atoms with Crippen LogP contribution >= 0.6 is 0 Å². The van der Waals surface area contributed by atoms with Gasteiger partial charge in [0.2, 0.25) is 10.0 Å². The number of carbonyl (C=O) groups excluding carboxylic acids is 1. The van der Waals surface area contributed by atoms with Crippen LogP contribution in [0.3, 0.4) is 0 Å². The molecule has 15 heteroatoms. The van der Waals surface area contributed by atoms with Crippen molar-refractivity contribution in [1.29, 1.82) is 0 Å². The Labute approximate surface area is 285 Å². The Bertz CT molecular complexity index is 2170. The number of nitrogens with zero attached hydrogens (tertiary/aromatic N) is 1. The smallest absolute Gasteiger partial charge is 0.457 e. The number of amides is 1. The van der Waals surface area contributed by atoms with E-state index in [9.17, 15) is 40.8 Å². The summed E-state index contributed by atoms with van der Waals surface area (Å²) in [6.45, 7) is -0.627. The van der Waals surface area contributed by atoms with Crippen LogP contribution in [0.4, 0.5) is 17.6 Å². The first kappa shape index (κ1) is 35.1. The van der Waals surface area contributed by atoms with Crippen molar-refractivity contribution in [1.82, 2.24) is 9.62 Å². The summed E-state index contributed by atoms with van der Waals surface area (Å²) >= 11 is 0. The zero-order valence-corrected chi connectivity index (χ0v) is 27.6. The number of fused-ring (bicyclic) bond motifs is 1. The Morgan fingerprint density at radius 2 is 1.62 bits per heavy atom. The fraction of sp³-hybridized carbons (Fsp3) is 0.229. The molecular formula is C35H31BF4N2O7S. The van der Waals surface area contributed by atoms with Gasteiger partial charge in [-0.05, 0) is 108 Å². The molecule has 3 N–H and O–H groups in total. The summed E-state index contributed by atoms with van der Waals surface area (Å²) in [5, 5.41) is 22.1. The summed E-state index contributed by atoms with van der Waals surface area (Å²) in [5.74, 6) is 0.426. The quantitative estimate of drug-likeness (QED) is 0.115. The number of rotatable bonds is 11. The van der Waals surface area contributed by atoms with Crippen LogP contribution < -0.4 is 15.5 Å². The number of benzene rings is 4. The van der Waals surface area contributed by atoms with E-state index in [-0.39, 0.29) is 29.3 Å². The van der Waals surface area contributed by atoms with Crippen molar-refractivity contribution in [2.75, 3.05) is 13.3 Å². The van der Waals surface area contributed by atoms with Gasteiger partial charge in [-0.2, -0.15) is 17.5 Å². The maximum Gasteiger partial charge on any atom is 0.489 e. The molecule has 9 nitrogen and oxygen atoms in total. The van der Waals surface area contributed by atoms with Crippen molar-refractivity contribution in [3.05, 3.63) is 112 Å². The van der Waals surface area contributed by atoms with E-state index in [1.807, 2.05) is 6.07 Å². The van der Waals surface area contributed by atoms with Gasteiger partial charge in [-0.15, -0.1) is 0 Å². The van der Waals surface area contributed by atoms with Gasteiger partial charge in [0, 0.05) is 31.1 Å². The number of sulfonamides is 1. The van der Waals surface area contributed by atoms with Gasteiger partial charge < -0.3 is 24.5 Å². The minimum atomic E-state index is -4.91. The van der Waals surface area contributed by atoms with Gasteiger partial charge in [0.15, 0.2) is 0 Å². The number of carbonyl (C=O) groups is 1. The molecule has 1 aliphatic carbocycles. The summed E-state index contributed by atoms with van der Waals surface area (Å²) < 4.78 is 93.7. The van der Waals surface area contributed by atoms with Crippen LogP contribution in [0.15, 0.2) is 83.3 Å². The van der Waals surface area contributed by atoms with E-state index in [1.165, 1.54) is 37.4 Å². The lowest BCUT2D eigenvalue weighted by Crippen LogP contribution is -2.36. The second kappa shape index (κ2) is 13.6. The van der Waals surface area contributed by atoms with Crippen LogP contribution in [-0.4, -0.2) is 49.1 Å². The van der Waals surface area contributed by atoms with Crippen molar-refractivity contribution in [2.45, 2.75) is 38.0 Å². The highest BCUT2D eigenvalue weighted by Crippen LogP contribution is 2.45. The molecule has 1 amide bonds. The van der Waals surface area contributed by atoms with Gasteiger partial charge in [-0.3, -0.25) is 4.79 Å². The van der Waals surface area contributed by atoms with Crippen molar-refractivity contribution >= 4 is 39.5 Å². The summed E-state index contributed by atoms with van der Waals surface area (Å²) in [7, 11) is -4.86. The zero-order valence-electron chi connectivity index (χ0n) is 26.8. The number of furan rings is 1. The molecule has 6 rings (SSSR count). The van der Waals surface area contributed by atoms with E-state index in [2.05, 4.69) is 5.32 Å². The number of hydrogen-bond donors (Lipinski definition) is 3. The normalized spacial score (nSPS) is 13.5. The predicted molar refractivity (Wildman–Crippen MR) is 179 cm³/mol. The Balaban J connectivity index is 1.37. The maximum atomic E-state index is 13.8. The molecule has 50 heavy (non-hydrogen) atoms. The molecule has 1 fully saturated rings. The first-order valence-electron chi connectivity index (χ1n) is 15.5. The standard InChI is InChI=1S/C35H31BF4N2O7S/c1-41-34(43)32-28-17-27(21-4-5-21)23(19-42(50(2,46)47)18-20-3-14-30(36(44)45)29(15-20)35(38,39)40)16-31(28)49-33(32)22-6-10-25(11-7-22)48-26-12-8-24(37)9-13-26/h3,6-17,21,44-45H,4-5,18-19H2,1-2H3,(H,41,43). The molecule has 260 valence electrons. The van der Waals surface area contributed by atoms with Crippen LogP contribution in [0.5, 0.6) is 11.5 Å². The van der Waals surface area contributed by atoms with Crippen LogP contribution in [-0.2, 0) is 29.3 Å². The second-order valence-corrected chi connectivity index (χ2v) is 14.1. The molecule has 1 heterocycles. The van der Waals surface area contributed by atoms with E-state index in [4.69, 9.17) is 9.15 Å². The summed E-state index contributed by atoms with van der Waals surface area (Å²) in [6.07, 6.45) is -2.30. The lowest BCUT2D eigenvalue weighted by Gasteiger charge is -2.23. The maximum absolute atomic E-state index is 13.8. The van der Waals surface area contributed by atoms with E-state index in [0.717, 1.165) is 35.0 Å². The average Bonchev–Trinajstić information content (AvgIpc) is 3.84. The third kappa shape index (κ3) is 7.55. The van der Waals surface area contributed by atoms with Crippen molar-refractivity contribution in [3.8, 4) is 22.8 Å². The number of nitrogens with one attached hydrogen (secondary N) is 1. The average molecular weight is 711 g/mol. The van der Waals surface area contributed by atoms with Crippen LogP contribution in [0.2, 0.25) is 0 Å². The highest BCUT2D eigenvalue weighted by atomic mass is 32.2. The number of halogens is 4. The molecule has 0 radical (unpaired) electrons. The molecule has 0 atom stereocenters. The first-order valence-corrected chi connectivity index (χ1v) is 17.3. The van der Waals surface area contributed by atoms with Gasteiger partial charge in [0.1, 0.15) is 28.7 Å². The van der Waals surface area contributed by atoms with Gasteiger partial charge >= 0.3 is 13.3 Å². The van der Waals surface area contributed by atoms with Crippen molar-refractivity contribution < 1.29 is 50.0 Å². The van der Waals surface area contributed by atoms with Crippen LogP contribution in [0, 0.1) is 5.82 Å². The third-order valence-electron chi connectivity index (χ3n) is 8.46. The molecule has 0 spiro atoms. The number of hydrogen-bond acceptors (Lipinski definition) is 7. The summed E-state index contributed by atoms with van der Waals surface area (Å²) in [5.41, 5.74) is 0.457. The fourth-order valence-electron chi connectivity index (χ4n) is 5.84. The van der Waals surface area contributed by atoms with Crippen LogP contribution in [0.1, 0.15) is 51.4 Å². The van der Waals surface area contributed by atoms with Crippen LogP contribution in [0.25, 0.3) is 22.3 Å². The molecule has 1 aliphatic rings.